The predicted molar refractivity (Wildman–Crippen MR) is 168 cm³/mol. The maximum atomic E-state index is 12.8. The SMILES string of the molecule is CCN(C(=N)CCCc1ccc(-c2ccc(C(=O)C(=O)NC3CC3)cc2)cc1)C(=O)NCc1ccc(C(C)(C)C)cc1. The Morgan fingerprint density at radius 3 is 1.98 bits per heavy atom. The second-order valence-electron chi connectivity index (χ2n) is 12.0. The summed E-state index contributed by atoms with van der Waals surface area (Å²) in [5.74, 6) is -0.721. The molecule has 0 aromatic heterocycles. The van der Waals surface area contributed by atoms with Crippen LogP contribution in [0.15, 0.2) is 72.8 Å². The third-order valence-corrected chi connectivity index (χ3v) is 7.58. The molecule has 42 heavy (non-hydrogen) atoms. The second kappa shape index (κ2) is 13.6. The topological polar surface area (TPSA) is 102 Å². The number of nitrogens with zero attached hydrogens (tertiary/aromatic N) is 1. The van der Waals surface area contributed by atoms with Gasteiger partial charge in [-0.3, -0.25) is 19.9 Å². The van der Waals surface area contributed by atoms with E-state index >= 15 is 0 Å². The van der Waals surface area contributed by atoms with Crippen molar-refractivity contribution in [2.24, 2.45) is 0 Å². The number of hydrogen-bond donors (Lipinski definition) is 3. The van der Waals surface area contributed by atoms with Crippen molar-refractivity contribution < 1.29 is 14.4 Å². The Morgan fingerprint density at radius 1 is 0.857 bits per heavy atom. The molecule has 0 radical (unpaired) electrons. The van der Waals surface area contributed by atoms with Crippen molar-refractivity contribution in [1.82, 2.24) is 15.5 Å². The monoisotopic (exact) mass is 566 g/mol. The van der Waals surface area contributed by atoms with Gasteiger partial charge in [-0.2, -0.15) is 0 Å². The normalized spacial score (nSPS) is 12.9. The summed E-state index contributed by atoms with van der Waals surface area (Å²) in [6, 6.07) is 23.5. The summed E-state index contributed by atoms with van der Waals surface area (Å²) in [4.78, 5) is 38.6. The Labute approximate surface area is 249 Å². The minimum absolute atomic E-state index is 0.0861. The predicted octanol–water partition coefficient (Wildman–Crippen LogP) is 6.64. The molecule has 220 valence electrons. The summed E-state index contributed by atoms with van der Waals surface area (Å²) in [5.41, 5.74) is 5.90. The van der Waals surface area contributed by atoms with E-state index in [1.807, 2.05) is 43.3 Å². The van der Waals surface area contributed by atoms with E-state index in [9.17, 15) is 14.4 Å². The van der Waals surface area contributed by atoms with Crippen LogP contribution in [0.5, 0.6) is 0 Å². The second-order valence-corrected chi connectivity index (χ2v) is 12.0. The zero-order chi connectivity index (χ0) is 30.3. The third kappa shape index (κ3) is 8.38. The van der Waals surface area contributed by atoms with Crippen LogP contribution in [0.3, 0.4) is 0 Å². The van der Waals surface area contributed by atoms with Crippen molar-refractivity contribution in [3.8, 4) is 11.1 Å². The first kappa shape index (κ1) is 30.7. The Morgan fingerprint density at radius 2 is 1.43 bits per heavy atom. The Bertz CT molecular complexity index is 1400. The van der Waals surface area contributed by atoms with Crippen LogP contribution in [0.4, 0.5) is 4.79 Å². The zero-order valence-electron chi connectivity index (χ0n) is 25.1. The molecular weight excluding hydrogens is 524 g/mol. The van der Waals surface area contributed by atoms with Gasteiger partial charge in [-0.05, 0) is 65.8 Å². The molecule has 0 unspecified atom stereocenters. The molecular formula is C35H42N4O3. The lowest BCUT2D eigenvalue weighted by molar-refractivity contribution is -0.117. The van der Waals surface area contributed by atoms with Crippen LogP contribution in [0.25, 0.3) is 11.1 Å². The highest BCUT2D eigenvalue weighted by Gasteiger charge is 2.27. The van der Waals surface area contributed by atoms with E-state index in [4.69, 9.17) is 5.41 Å². The van der Waals surface area contributed by atoms with Crippen LogP contribution in [0.2, 0.25) is 0 Å². The number of carbonyl (C=O) groups excluding carboxylic acids is 3. The van der Waals surface area contributed by atoms with Crippen LogP contribution in [0.1, 0.15) is 80.4 Å². The van der Waals surface area contributed by atoms with Crippen molar-refractivity contribution in [3.05, 3.63) is 95.1 Å². The van der Waals surface area contributed by atoms with Gasteiger partial charge in [0, 0.05) is 31.1 Å². The number of ketones is 1. The average molecular weight is 567 g/mol. The lowest BCUT2D eigenvalue weighted by Crippen LogP contribution is -2.43. The lowest BCUT2D eigenvalue weighted by atomic mass is 9.87. The molecule has 4 rings (SSSR count). The highest BCUT2D eigenvalue weighted by atomic mass is 16.2. The van der Waals surface area contributed by atoms with Crippen LogP contribution in [0, 0.1) is 5.41 Å². The molecule has 1 aliphatic rings. The first-order valence-electron chi connectivity index (χ1n) is 14.8. The van der Waals surface area contributed by atoms with Crippen LogP contribution >= 0.6 is 0 Å². The van der Waals surface area contributed by atoms with Gasteiger partial charge in [-0.1, -0.05) is 93.6 Å². The molecule has 1 fully saturated rings. The number of nitrogens with one attached hydrogen (secondary N) is 3. The summed E-state index contributed by atoms with van der Waals surface area (Å²) in [6.07, 6.45) is 3.95. The molecule has 0 bridgehead atoms. The summed E-state index contributed by atoms with van der Waals surface area (Å²) in [7, 11) is 0. The summed E-state index contributed by atoms with van der Waals surface area (Å²) < 4.78 is 0. The summed E-state index contributed by atoms with van der Waals surface area (Å²) in [6.45, 7) is 9.28. The van der Waals surface area contributed by atoms with Gasteiger partial charge in [-0.25, -0.2) is 4.79 Å². The fourth-order valence-electron chi connectivity index (χ4n) is 4.74. The molecule has 3 N–H and O–H groups in total. The molecule has 7 heteroatoms. The molecule has 7 nitrogen and oxygen atoms in total. The molecule has 0 atom stereocenters. The number of amides is 3. The van der Waals surface area contributed by atoms with E-state index in [1.54, 1.807) is 12.1 Å². The fraction of sp³-hybridized carbons (Fsp3) is 0.371. The fourth-order valence-corrected chi connectivity index (χ4v) is 4.74. The van der Waals surface area contributed by atoms with E-state index < -0.39 is 11.7 Å². The number of carbonyl (C=O) groups is 3. The van der Waals surface area contributed by atoms with Gasteiger partial charge >= 0.3 is 6.03 Å². The van der Waals surface area contributed by atoms with Gasteiger partial charge < -0.3 is 10.6 Å². The Kier molecular flexibility index (Phi) is 9.94. The van der Waals surface area contributed by atoms with Crippen molar-refractivity contribution in [2.45, 2.75) is 77.8 Å². The molecule has 3 amide bonds. The molecule has 0 heterocycles. The minimum Gasteiger partial charge on any atom is -0.346 e. The highest BCUT2D eigenvalue weighted by molar-refractivity contribution is 6.42. The molecule has 0 saturated heterocycles. The number of amidine groups is 1. The van der Waals surface area contributed by atoms with Crippen molar-refractivity contribution in [2.75, 3.05) is 6.54 Å². The van der Waals surface area contributed by atoms with Gasteiger partial charge in [0.2, 0.25) is 5.78 Å². The van der Waals surface area contributed by atoms with E-state index in [0.717, 1.165) is 47.9 Å². The van der Waals surface area contributed by atoms with Crippen LogP contribution in [-0.2, 0) is 23.2 Å². The molecule has 0 aliphatic heterocycles. The standard InChI is InChI=1S/C35H42N4O3/c1-5-39(34(42)37-23-25-11-19-29(20-12-25)35(2,3)4)31(36)8-6-7-24-9-13-26(14-10-24)27-15-17-28(18-16-27)32(40)33(41)38-30-21-22-30/h9-20,30,36H,5-8,21-23H2,1-4H3,(H,37,42)(H,38,41). The van der Waals surface area contributed by atoms with Crippen molar-refractivity contribution in [1.29, 1.82) is 5.41 Å². The number of aryl methyl sites for hydroxylation is 1. The van der Waals surface area contributed by atoms with E-state index in [1.165, 1.54) is 10.5 Å². The quantitative estimate of drug-likeness (QED) is 0.105. The number of urea groups is 1. The lowest BCUT2D eigenvalue weighted by Gasteiger charge is -2.22. The third-order valence-electron chi connectivity index (χ3n) is 7.58. The van der Waals surface area contributed by atoms with Crippen LogP contribution < -0.4 is 10.6 Å². The largest absolute Gasteiger partial charge is 0.346 e. The van der Waals surface area contributed by atoms with Crippen molar-refractivity contribution in [3.63, 3.8) is 0 Å². The number of Topliss-reactive ketones (excluding diaryl/α,β-unsaturated/α-hetero) is 1. The Balaban J connectivity index is 1.22. The summed E-state index contributed by atoms with van der Waals surface area (Å²) in [5, 5.41) is 14.2. The molecule has 0 spiro atoms. The van der Waals surface area contributed by atoms with E-state index in [2.05, 4.69) is 55.7 Å². The van der Waals surface area contributed by atoms with E-state index in [-0.39, 0.29) is 17.5 Å². The average Bonchev–Trinajstić information content (AvgIpc) is 3.80. The minimum atomic E-state index is -0.535. The Hall–Kier alpha value is -4.26. The first-order valence-corrected chi connectivity index (χ1v) is 14.8. The van der Waals surface area contributed by atoms with Crippen LogP contribution in [-0.4, -0.2) is 41.0 Å². The van der Waals surface area contributed by atoms with Gasteiger partial charge in [0.15, 0.2) is 0 Å². The van der Waals surface area contributed by atoms with Gasteiger partial charge in [0.1, 0.15) is 5.84 Å². The maximum Gasteiger partial charge on any atom is 0.323 e. The van der Waals surface area contributed by atoms with E-state index in [0.29, 0.717) is 30.9 Å². The summed E-state index contributed by atoms with van der Waals surface area (Å²) >= 11 is 0. The number of hydrogen-bond acceptors (Lipinski definition) is 4. The van der Waals surface area contributed by atoms with Gasteiger partial charge in [-0.15, -0.1) is 0 Å². The highest BCUT2D eigenvalue weighted by Crippen LogP contribution is 2.23. The molecule has 1 saturated carbocycles. The van der Waals surface area contributed by atoms with Crippen molar-refractivity contribution >= 4 is 23.6 Å². The smallest absolute Gasteiger partial charge is 0.323 e. The number of rotatable bonds is 11. The van der Waals surface area contributed by atoms with Gasteiger partial charge in [0.25, 0.3) is 5.91 Å². The first-order chi connectivity index (χ1) is 20.0. The molecule has 3 aromatic rings. The van der Waals surface area contributed by atoms with Gasteiger partial charge in [0.05, 0.1) is 0 Å². The number of benzene rings is 3. The molecule has 3 aromatic carbocycles. The maximum absolute atomic E-state index is 12.8. The zero-order valence-corrected chi connectivity index (χ0v) is 25.1. The molecule has 1 aliphatic carbocycles.